The molecule has 1 heterocycles. The lowest BCUT2D eigenvalue weighted by molar-refractivity contribution is 0.390. The molecule has 6 nitrogen and oxygen atoms in total. The first-order valence-electron chi connectivity index (χ1n) is 5.75. The highest BCUT2D eigenvalue weighted by atomic mass is 15.1. The predicted octanol–water partition coefficient (Wildman–Crippen LogP) is 0.853. The molecule has 0 radical (unpaired) electrons. The van der Waals surface area contributed by atoms with E-state index in [1.807, 2.05) is 6.07 Å². The Bertz CT molecular complexity index is 352. The molecule has 17 heavy (non-hydrogen) atoms. The minimum Gasteiger partial charge on any atom is -0.373 e. The monoisotopic (exact) mass is 238 g/mol. The maximum absolute atomic E-state index is 5.62. The molecule has 0 aliphatic rings. The summed E-state index contributed by atoms with van der Waals surface area (Å²) in [5, 5.41) is 6.27. The van der Waals surface area contributed by atoms with Crippen LogP contribution >= 0.6 is 0 Å². The number of nitrogens with one attached hydrogen (secondary N) is 2. The van der Waals surface area contributed by atoms with Gasteiger partial charge in [-0.15, -0.1) is 0 Å². The lowest BCUT2D eigenvalue weighted by Gasteiger charge is -2.17. The summed E-state index contributed by atoms with van der Waals surface area (Å²) < 4.78 is 0. The van der Waals surface area contributed by atoms with Gasteiger partial charge in [-0.05, 0) is 34.0 Å². The van der Waals surface area contributed by atoms with Gasteiger partial charge in [-0.2, -0.15) is 9.97 Å². The zero-order chi connectivity index (χ0) is 12.8. The molecule has 0 saturated heterocycles. The molecule has 0 spiro atoms. The number of anilines is 3. The Labute approximate surface area is 103 Å². The van der Waals surface area contributed by atoms with Crippen LogP contribution in [0.3, 0.4) is 0 Å². The van der Waals surface area contributed by atoms with Gasteiger partial charge in [0.1, 0.15) is 11.6 Å². The average Bonchev–Trinajstić information content (AvgIpc) is 2.25. The van der Waals surface area contributed by atoms with Gasteiger partial charge < -0.3 is 21.3 Å². The second-order valence-corrected chi connectivity index (χ2v) is 4.38. The fraction of sp³-hybridized carbons (Fsp3) is 0.636. The molecule has 1 unspecified atom stereocenters. The normalized spacial score (nSPS) is 12.5. The highest BCUT2D eigenvalue weighted by molar-refractivity contribution is 5.50. The molecule has 6 heteroatoms. The molecule has 0 amide bonds. The fourth-order valence-electron chi connectivity index (χ4n) is 1.44. The van der Waals surface area contributed by atoms with Crippen LogP contribution in [0.4, 0.5) is 17.6 Å². The van der Waals surface area contributed by atoms with Crippen LogP contribution in [-0.4, -0.2) is 48.6 Å². The number of nitrogen functional groups attached to an aromatic ring is 1. The highest BCUT2D eigenvalue weighted by Gasteiger charge is 2.06. The van der Waals surface area contributed by atoms with E-state index >= 15 is 0 Å². The van der Waals surface area contributed by atoms with Crippen molar-refractivity contribution in [2.75, 3.05) is 44.1 Å². The molecule has 0 saturated carbocycles. The van der Waals surface area contributed by atoms with E-state index < -0.39 is 0 Å². The van der Waals surface area contributed by atoms with Gasteiger partial charge >= 0.3 is 0 Å². The summed E-state index contributed by atoms with van der Waals surface area (Å²) in [6, 6.07) is 2.19. The second kappa shape index (κ2) is 6.24. The highest BCUT2D eigenvalue weighted by Crippen LogP contribution is 2.13. The number of hydrogen-bond donors (Lipinski definition) is 3. The minimum absolute atomic E-state index is 0.277. The molecular formula is C11H22N6. The average molecular weight is 238 g/mol. The number of aromatic nitrogens is 2. The van der Waals surface area contributed by atoms with Crippen LogP contribution in [0, 0.1) is 0 Å². The van der Waals surface area contributed by atoms with E-state index in [-0.39, 0.29) is 5.95 Å². The van der Waals surface area contributed by atoms with E-state index in [2.05, 4.69) is 46.5 Å². The van der Waals surface area contributed by atoms with Crippen LogP contribution < -0.4 is 16.4 Å². The molecule has 1 rings (SSSR count). The van der Waals surface area contributed by atoms with Gasteiger partial charge in [0.05, 0.1) is 0 Å². The van der Waals surface area contributed by atoms with Gasteiger partial charge in [0.2, 0.25) is 5.95 Å². The van der Waals surface area contributed by atoms with E-state index in [4.69, 9.17) is 5.73 Å². The number of nitrogens with zero attached hydrogens (tertiary/aromatic N) is 3. The lowest BCUT2D eigenvalue weighted by Crippen LogP contribution is -2.23. The van der Waals surface area contributed by atoms with Gasteiger partial charge in [0, 0.05) is 19.2 Å². The second-order valence-electron chi connectivity index (χ2n) is 4.38. The third kappa shape index (κ3) is 4.86. The van der Waals surface area contributed by atoms with Crippen LogP contribution in [0.2, 0.25) is 0 Å². The van der Waals surface area contributed by atoms with Crippen molar-refractivity contribution in [2.45, 2.75) is 19.4 Å². The zero-order valence-electron chi connectivity index (χ0n) is 11.0. The number of rotatable bonds is 6. The third-order valence-corrected chi connectivity index (χ3v) is 2.40. The van der Waals surface area contributed by atoms with Crippen molar-refractivity contribution in [1.82, 2.24) is 14.9 Å². The number of hydrogen-bond acceptors (Lipinski definition) is 6. The molecule has 1 aromatic heterocycles. The summed E-state index contributed by atoms with van der Waals surface area (Å²) in [5.41, 5.74) is 5.62. The standard InChI is InChI=1S/C11H22N6/c1-8(5-6-17(3)4)14-10-7-9(13-2)15-11(12)16-10/h7-8H,5-6H2,1-4H3,(H4,12,13,14,15,16). The van der Waals surface area contributed by atoms with Crippen molar-refractivity contribution in [3.63, 3.8) is 0 Å². The van der Waals surface area contributed by atoms with Crippen LogP contribution in [0.25, 0.3) is 0 Å². The molecule has 0 bridgehead atoms. The van der Waals surface area contributed by atoms with Crippen LogP contribution in [0.15, 0.2) is 6.07 Å². The maximum Gasteiger partial charge on any atom is 0.223 e. The Hall–Kier alpha value is -1.56. The maximum atomic E-state index is 5.62. The van der Waals surface area contributed by atoms with Gasteiger partial charge in [0.25, 0.3) is 0 Å². The van der Waals surface area contributed by atoms with Crippen molar-refractivity contribution in [3.8, 4) is 0 Å². The zero-order valence-corrected chi connectivity index (χ0v) is 11.0. The Balaban J connectivity index is 2.58. The Morgan fingerprint density at radius 1 is 1.35 bits per heavy atom. The van der Waals surface area contributed by atoms with E-state index in [1.165, 1.54) is 0 Å². The van der Waals surface area contributed by atoms with E-state index in [0.717, 1.165) is 24.6 Å². The molecule has 4 N–H and O–H groups in total. The quantitative estimate of drug-likeness (QED) is 0.682. The summed E-state index contributed by atoms with van der Waals surface area (Å²) in [4.78, 5) is 10.4. The molecular weight excluding hydrogens is 216 g/mol. The summed E-state index contributed by atoms with van der Waals surface area (Å²) in [5.74, 6) is 1.76. The first-order valence-corrected chi connectivity index (χ1v) is 5.75. The van der Waals surface area contributed by atoms with Crippen molar-refractivity contribution in [2.24, 2.45) is 0 Å². The van der Waals surface area contributed by atoms with Crippen molar-refractivity contribution >= 4 is 17.6 Å². The van der Waals surface area contributed by atoms with Crippen molar-refractivity contribution < 1.29 is 0 Å². The Kier molecular flexibility index (Phi) is 4.96. The summed E-state index contributed by atoms with van der Waals surface area (Å²) in [7, 11) is 5.93. The molecule has 0 aromatic carbocycles. The number of nitrogens with two attached hydrogens (primary N) is 1. The summed E-state index contributed by atoms with van der Waals surface area (Å²) >= 11 is 0. The van der Waals surface area contributed by atoms with Gasteiger partial charge in [0.15, 0.2) is 0 Å². The molecule has 0 aliphatic carbocycles. The first kappa shape index (κ1) is 13.5. The smallest absolute Gasteiger partial charge is 0.223 e. The molecule has 0 fully saturated rings. The molecule has 96 valence electrons. The topological polar surface area (TPSA) is 79.1 Å². The van der Waals surface area contributed by atoms with Gasteiger partial charge in [-0.25, -0.2) is 0 Å². The van der Waals surface area contributed by atoms with Crippen molar-refractivity contribution in [3.05, 3.63) is 6.07 Å². The summed E-state index contributed by atoms with van der Waals surface area (Å²) in [6.07, 6.45) is 1.05. The van der Waals surface area contributed by atoms with Crippen molar-refractivity contribution in [1.29, 1.82) is 0 Å². The Morgan fingerprint density at radius 3 is 2.59 bits per heavy atom. The SMILES string of the molecule is CNc1cc(NC(C)CCN(C)C)nc(N)n1. The lowest BCUT2D eigenvalue weighted by atomic mass is 10.2. The largest absolute Gasteiger partial charge is 0.373 e. The predicted molar refractivity (Wildman–Crippen MR) is 72.2 cm³/mol. The van der Waals surface area contributed by atoms with Crippen LogP contribution in [0.5, 0.6) is 0 Å². The first-order chi connectivity index (χ1) is 8.01. The molecule has 1 atom stereocenters. The minimum atomic E-state index is 0.277. The van der Waals surface area contributed by atoms with Gasteiger partial charge in [-0.3, -0.25) is 0 Å². The van der Waals surface area contributed by atoms with Gasteiger partial charge in [-0.1, -0.05) is 0 Å². The Morgan fingerprint density at radius 2 is 2.00 bits per heavy atom. The van der Waals surface area contributed by atoms with E-state index in [0.29, 0.717) is 6.04 Å². The molecule has 0 aliphatic heterocycles. The molecule has 1 aromatic rings. The van der Waals surface area contributed by atoms with E-state index in [1.54, 1.807) is 7.05 Å². The van der Waals surface area contributed by atoms with Crippen LogP contribution in [0.1, 0.15) is 13.3 Å². The third-order valence-electron chi connectivity index (χ3n) is 2.40. The van der Waals surface area contributed by atoms with Crippen LogP contribution in [-0.2, 0) is 0 Å². The fourth-order valence-corrected chi connectivity index (χ4v) is 1.44. The van der Waals surface area contributed by atoms with E-state index in [9.17, 15) is 0 Å². The summed E-state index contributed by atoms with van der Waals surface area (Å²) in [6.45, 7) is 3.16.